The molecule has 0 saturated carbocycles. The first-order valence-corrected chi connectivity index (χ1v) is 5.80. The van der Waals surface area contributed by atoms with Gasteiger partial charge in [-0.1, -0.05) is 11.6 Å². The number of benzene rings is 1. The molecule has 1 saturated heterocycles. The highest BCUT2D eigenvalue weighted by molar-refractivity contribution is 6.34. The van der Waals surface area contributed by atoms with Gasteiger partial charge in [0.2, 0.25) is 0 Å². The van der Waals surface area contributed by atoms with Crippen molar-refractivity contribution in [2.75, 3.05) is 13.2 Å². The Morgan fingerprint density at radius 1 is 1.47 bits per heavy atom. The number of ether oxygens (including phenoxy) is 2. The molecule has 0 unspecified atom stereocenters. The van der Waals surface area contributed by atoms with Gasteiger partial charge in [0.15, 0.2) is 6.29 Å². The highest BCUT2D eigenvalue weighted by Gasteiger charge is 2.27. The van der Waals surface area contributed by atoms with Crippen molar-refractivity contribution in [2.24, 2.45) is 0 Å². The average molecular weight is 288 g/mol. The van der Waals surface area contributed by atoms with E-state index < -0.39 is 17.2 Å². The molecule has 1 aromatic rings. The summed E-state index contributed by atoms with van der Waals surface area (Å²) in [5.41, 5.74) is -0.312. The summed E-state index contributed by atoms with van der Waals surface area (Å²) in [4.78, 5) is 21.3. The lowest BCUT2D eigenvalue weighted by Crippen LogP contribution is -2.14. The van der Waals surface area contributed by atoms with Crippen LogP contribution in [0.5, 0.6) is 0 Å². The molecule has 1 aliphatic rings. The van der Waals surface area contributed by atoms with Gasteiger partial charge in [-0.25, -0.2) is 4.79 Å². The van der Waals surface area contributed by atoms with E-state index in [1.165, 1.54) is 0 Å². The monoisotopic (exact) mass is 287 g/mol. The summed E-state index contributed by atoms with van der Waals surface area (Å²) in [6.45, 7) is 0.795. The zero-order chi connectivity index (χ0) is 14.0. The molecule has 1 N–H and O–H groups in total. The molecule has 19 heavy (non-hydrogen) atoms. The molecule has 0 amide bonds. The van der Waals surface area contributed by atoms with Crippen LogP contribution in [0.3, 0.4) is 0 Å². The molecule has 0 spiro atoms. The minimum atomic E-state index is -1.24. The van der Waals surface area contributed by atoms with E-state index >= 15 is 0 Å². The number of carboxylic acids is 1. The van der Waals surface area contributed by atoms with Crippen molar-refractivity contribution >= 4 is 23.3 Å². The van der Waals surface area contributed by atoms with E-state index in [1.54, 1.807) is 0 Å². The summed E-state index contributed by atoms with van der Waals surface area (Å²) >= 11 is 5.94. The topological polar surface area (TPSA) is 98.9 Å². The minimum Gasteiger partial charge on any atom is -0.478 e. The maximum absolute atomic E-state index is 11.0. The quantitative estimate of drug-likeness (QED) is 0.670. The number of aromatic carboxylic acids is 1. The van der Waals surface area contributed by atoms with Crippen LogP contribution in [0.2, 0.25) is 5.02 Å². The third-order valence-corrected chi connectivity index (χ3v) is 3.14. The van der Waals surface area contributed by atoms with Gasteiger partial charge in [0.1, 0.15) is 0 Å². The molecular weight excluding hydrogens is 278 g/mol. The fourth-order valence-corrected chi connectivity index (χ4v) is 2.15. The number of hydrogen-bond acceptors (Lipinski definition) is 5. The Hall–Kier alpha value is -1.70. The molecule has 1 fully saturated rings. The van der Waals surface area contributed by atoms with Gasteiger partial charge in [-0.15, -0.1) is 0 Å². The number of hydrogen-bond donors (Lipinski definition) is 1. The smallest absolute Gasteiger partial charge is 0.337 e. The van der Waals surface area contributed by atoms with E-state index in [0.717, 1.165) is 12.1 Å². The van der Waals surface area contributed by atoms with Crippen molar-refractivity contribution in [3.05, 3.63) is 38.4 Å². The standard InChI is InChI=1S/C11H10ClNO6/c12-10-6(11(14)15)1-2-8(13(16)17)7(10)5-9-18-3-4-19-9/h1-2,9H,3-5H2,(H,14,15). The second-order valence-electron chi connectivity index (χ2n) is 3.86. The van der Waals surface area contributed by atoms with Gasteiger partial charge >= 0.3 is 5.97 Å². The Labute approximate surface area is 112 Å². The second kappa shape index (κ2) is 5.52. The first kappa shape index (κ1) is 13.7. The first-order valence-electron chi connectivity index (χ1n) is 5.43. The van der Waals surface area contributed by atoms with Gasteiger partial charge in [-0.05, 0) is 6.07 Å². The lowest BCUT2D eigenvalue weighted by molar-refractivity contribution is -0.385. The molecule has 102 valence electrons. The molecule has 0 aromatic heterocycles. The van der Waals surface area contributed by atoms with E-state index in [2.05, 4.69) is 0 Å². The molecule has 8 heteroatoms. The predicted molar refractivity (Wildman–Crippen MR) is 64.5 cm³/mol. The summed E-state index contributed by atoms with van der Waals surface area (Å²) in [6.07, 6.45) is -0.601. The zero-order valence-electron chi connectivity index (χ0n) is 9.67. The number of nitrogens with zero attached hydrogens (tertiary/aromatic N) is 1. The van der Waals surface area contributed by atoms with Gasteiger partial charge < -0.3 is 14.6 Å². The normalized spacial score (nSPS) is 15.6. The van der Waals surface area contributed by atoms with Crippen LogP contribution in [0.1, 0.15) is 15.9 Å². The van der Waals surface area contributed by atoms with Gasteiger partial charge in [-0.2, -0.15) is 0 Å². The summed E-state index contributed by atoms with van der Waals surface area (Å²) in [5.74, 6) is -1.24. The Balaban J connectivity index is 2.43. The highest BCUT2D eigenvalue weighted by Crippen LogP contribution is 2.32. The average Bonchev–Trinajstić information content (AvgIpc) is 2.83. The fourth-order valence-electron chi connectivity index (χ4n) is 1.83. The van der Waals surface area contributed by atoms with Crippen molar-refractivity contribution in [2.45, 2.75) is 12.7 Å². The summed E-state index contributed by atoms with van der Waals surface area (Å²) in [6, 6.07) is 2.24. The molecule has 2 rings (SSSR count). The van der Waals surface area contributed by atoms with Crippen LogP contribution in [0.25, 0.3) is 0 Å². The molecule has 0 aliphatic carbocycles. The maximum atomic E-state index is 11.0. The van der Waals surface area contributed by atoms with Crippen molar-refractivity contribution in [3.8, 4) is 0 Å². The summed E-state index contributed by atoms with van der Waals surface area (Å²) in [7, 11) is 0. The number of halogens is 1. The molecule has 0 bridgehead atoms. The van der Waals surface area contributed by atoms with E-state index in [0.29, 0.717) is 13.2 Å². The van der Waals surface area contributed by atoms with Crippen LogP contribution >= 0.6 is 11.6 Å². The van der Waals surface area contributed by atoms with Crippen molar-refractivity contribution in [1.29, 1.82) is 0 Å². The molecule has 1 aliphatic heterocycles. The summed E-state index contributed by atoms with van der Waals surface area (Å²) in [5, 5.41) is 19.8. The lowest BCUT2D eigenvalue weighted by Gasteiger charge is -2.12. The first-order chi connectivity index (χ1) is 9.00. The number of carbonyl (C=O) groups is 1. The van der Waals surface area contributed by atoms with Gasteiger partial charge in [0.25, 0.3) is 5.69 Å². The van der Waals surface area contributed by atoms with Gasteiger partial charge in [0, 0.05) is 12.5 Å². The van der Waals surface area contributed by atoms with Crippen LogP contribution < -0.4 is 0 Å². The van der Waals surface area contributed by atoms with Crippen LogP contribution in [-0.2, 0) is 15.9 Å². The van der Waals surface area contributed by atoms with Crippen LogP contribution in [-0.4, -0.2) is 35.5 Å². The van der Waals surface area contributed by atoms with Crippen LogP contribution in [0, 0.1) is 10.1 Å². The molecule has 7 nitrogen and oxygen atoms in total. The Bertz CT molecular complexity index is 526. The van der Waals surface area contributed by atoms with Crippen LogP contribution in [0.15, 0.2) is 12.1 Å². The van der Waals surface area contributed by atoms with E-state index in [4.69, 9.17) is 26.2 Å². The van der Waals surface area contributed by atoms with E-state index in [1.807, 2.05) is 0 Å². The predicted octanol–water partition coefficient (Wildman–Crippen LogP) is 1.86. The van der Waals surface area contributed by atoms with Crippen molar-refractivity contribution in [1.82, 2.24) is 0 Å². The number of nitro benzene ring substituents is 1. The summed E-state index contributed by atoms with van der Waals surface area (Å²) < 4.78 is 10.4. The third-order valence-electron chi connectivity index (χ3n) is 2.71. The van der Waals surface area contributed by atoms with Crippen LogP contribution in [0.4, 0.5) is 5.69 Å². The van der Waals surface area contributed by atoms with Gasteiger partial charge in [0.05, 0.1) is 34.3 Å². The SMILES string of the molecule is O=C(O)c1ccc([N+](=O)[O-])c(CC2OCCO2)c1Cl. The van der Waals surface area contributed by atoms with Crippen molar-refractivity contribution < 1.29 is 24.3 Å². The Morgan fingerprint density at radius 3 is 2.63 bits per heavy atom. The Kier molecular flexibility index (Phi) is 3.98. The molecular formula is C11H10ClNO6. The zero-order valence-corrected chi connectivity index (χ0v) is 10.4. The molecule has 1 aromatic carbocycles. The van der Waals surface area contributed by atoms with E-state index in [-0.39, 0.29) is 28.3 Å². The maximum Gasteiger partial charge on any atom is 0.337 e. The highest BCUT2D eigenvalue weighted by atomic mass is 35.5. The Morgan fingerprint density at radius 2 is 2.11 bits per heavy atom. The molecule has 0 radical (unpaired) electrons. The fraction of sp³-hybridized carbons (Fsp3) is 0.364. The van der Waals surface area contributed by atoms with Gasteiger partial charge in [-0.3, -0.25) is 10.1 Å². The van der Waals surface area contributed by atoms with E-state index in [9.17, 15) is 14.9 Å². The number of rotatable bonds is 4. The molecule has 0 atom stereocenters. The lowest BCUT2D eigenvalue weighted by atomic mass is 10.1. The number of nitro groups is 1. The largest absolute Gasteiger partial charge is 0.478 e. The number of carboxylic acid groups (broad SMARTS) is 1. The minimum absolute atomic E-state index is 0.0380. The van der Waals surface area contributed by atoms with Crippen molar-refractivity contribution in [3.63, 3.8) is 0 Å². The molecule has 1 heterocycles. The third kappa shape index (κ3) is 2.83. The second-order valence-corrected chi connectivity index (χ2v) is 4.24.